The van der Waals surface area contributed by atoms with Crippen molar-refractivity contribution in [1.29, 1.82) is 0 Å². The highest BCUT2D eigenvalue weighted by atomic mass is 35.5. The van der Waals surface area contributed by atoms with Crippen molar-refractivity contribution >= 4 is 23.2 Å². The smallest absolute Gasteiger partial charge is 0.223 e. The highest BCUT2D eigenvalue weighted by Gasteiger charge is 2.22. The third kappa shape index (κ3) is 4.60. The lowest BCUT2D eigenvalue weighted by Crippen LogP contribution is -2.48. The standard InChI is InChI=1S/C23H24ClN3O3/c1-29-18-8-6-17(7-9-18)26-12-14-27(15-13-26)23(28)11-10-22-25-16-21(30-22)19-4-2-3-5-20(19)24/h2-9,16H,10-15H2,1H3. The molecule has 0 N–H and O–H groups in total. The minimum Gasteiger partial charge on any atom is -0.497 e. The molecule has 0 saturated carbocycles. The summed E-state index contributed by atoms with van der Waals surface area (Å²) in [6.07, 6.45) is 2.52. The van der Waals surface area contributed by atoms with Crippen LogP contribution in [0.4, 0.5) is 5.69 Å². The van der Waals surface area contributed by atoms with E-state index in [4.69, 9.17) is 20.8 Å². The van der Waals surface area contributed by atoms with Crippen LogP contribution in [0.25, 0.3) is 11.3 Å². The zero-order valence-electron chi connectivity index (χ0n) is 16.9. The Labute approximate surface area is 181 Å². The van der Waals surface area contributed by atoms with Gasteiger partial charge in [-0.15, -0.1) is 0 Å². The van der Waals surface area contributed by atoms with Crippen LogP contribution in [0, 0.1) is 0 Å². The largest absolute Gasteiger partial charge is 0.497 e. The SMILES string of the molecule is COc1ccc(N2CCN(C(=O)CCc3ncc(-c4ccccc4Cl)o3)CC2)cc1. The molecular formula is C23H24ClN3O3. The van der Waals surface area contributed by atoms with E-state index in [2.05, 4.69) is 22.0 Å². The van der Waals surface area contributed by atoms with Gasteiger partial charge in [0.2, 0.25) is 5.91 Å². The highest BCUT2D eigenvalue weighted by molar-refractivity contribution is 6.33. The van der Waals surface area contributed by atoms with E-state index in [1.807, 2.05) is 41.3 Å². The lowest BCUT2D eigenvalue weighted by Gasteiger charge is -2.36. The topological polar surface area (TPSA) is 58.8 Å². The van der Waals surface area contributed by atoms with Crippen molar-refractivity contribution in [3.05, 3.63) is 65.6 Å². The number of hydrogen-bond acceptors (Lipinski definition) is 5. The van der Waals surface area contributed by atoms with Gasteiger partial charge in [-0.1, -0.05) is 23.7 Å². The third-order valence-electron chi connectivity index (χ3n) is 5.32. The molecule has 1 aromatic heterocycles. The number of ether oxygens (including phenoxy) is 1. The number of rotatable bonds is 6. The average molecular weight is 426 g/mol. The second-order valence-electron chi connectivity index (χ2n) is 7.16. The Morgan fingerprint density at radius 1 is 1.10 bits per heavy atom. The number of halogens is 1. The van der Waals surface area contributed by atoms with Crippen molar-refractivity contribution in [3.63, 3.8) is 0 Å². The number of piperazine rings is 1. The number of nitrogens with zero attached hydrogens (tertiary/aromatic N) is 3. The summed E-state index contributed by atoms with van der Waals surface area (Å²) in [7, 11) is 1.66. The van der Waals surface area contributed by atoms with E-state index < -0.39 is 0 Å². The number of aryl methyl sites for hydroxylation is 1. The van der Waals surface area contributed by atoms with Crippen LogP contribution in [0.5, 0.6) is 5.75 Å². The third-order valence-corrected chi connectivity index (χ3v) is 5.65. The van der Waals surface area contributed by atoms with Crippen molar-refractivity contribution in [2.75, 3.05) is 38.2 Å². The second kappa shape index (κ2) is 9.22. The molecule has 4 rings (SSSR count). The summed E-state index contributed by atoms with van der Waals surface area (Å²) in [5.41, 5.74) is 1.95. The molecule has 1 aliphatic heterocycles. The van der Waals surface area contributed by atoms with E-state index in [1.54, 1.807) is 13.3 Å². The van der Waals surface area contributed by atoms with Crippen molar-refractivity contribution in [2.45, 2.75) is 12.8 Å². The quantitative estimate of drug-likeness (QED) is 0.589. The Morgan fingerprint density at radius 3 is 2.53 bits per heavy atom. The molecule has 30 heavy (non-hydrogen) atoms. The number of amides is 1. The first-order valence-electron chi connectivity index (χ1n) is 10.0. The maximum Gasteiger partial charge on any atom is 0.223 e. The molecule has 0 spiro atoms. The van der Waals surface area contributed by atoms with Crippen molar-refractivity contribution in [3.8, 4) is 17.1 Å². The van der Waals surface area contributed by atoms with Gasteiger partial charge in [-0.3, -0.25) is 4.79 Å². The normalized spacial score (nSPS) is 14.1. The van der Waals surface area contributed by atoms with E-state index in [0.29, 0.717) is 42.6 Å². The summed E-state index contributed by atoms with van der Waals surface area (Å²) in [6.45, 7) is 3.05. The molecule has 7 heteroatoms. The van der Waals surface area contributed by atoms with Crippen LogP contribution in [0.2, 0.25) is 5.02 Å². The maximum absolute atomic E-state index is 12.6. The van der Waals surface area contributed by atoms with Crippen LogP contribution < -0.4 is 9.64 Å². The number of benzene rings is 2. The van der Waals surface area contributed by atoms with Gasteiger partial charge < -0.3 is 19.0 Å². The Kier molecular flexibility index (Phi) is 6.23. The number of hydrogen-bond donors (Lipinski definition) is 0. The van der Waals surface area contributed by atoms with Gasteiger partial charge in [0.1, 0.15) is 5.75 Å². The molecule has 6 nitrogen and oxygen atoms in total. The van der Waals surface area contributed by atoms with Gasteiger partial charge in [0, 0.05) is 50.3 Å². The summed E-state index contributed by atoms with van der Waals surface area (Å²) in [6, 6.07) is 15.5. The van der Waals surface area contributed by atoms with Crippen molar-refractivity contribution in [1.82, 2.24) is 9.88 Å². The Bertz CT molecular complexity index is 995. The van der Waals surface area contributed by atoms with Gasteiger partial charge in [-0.05, 0) is 36.4 Å². The highest BCUT2D eigenvalue weighted by Crippen LogP contribution is 2.28. The number of carbonyl (C=O) groups is 1. The van der Waals surface area contributed by atoms with E-state index in [0.717, 1.165) is 30.1 Å². The van der Waals surface area contributed by atoms with Gasteiger partial charge in [-0.2, -0.15) is 0 Å². The average Bonchev–Trinajstić information content (AvgIpc) is 3.27. The maximum atomic E-state index is 12.6. The zero-order chi connectivity index (χ0) is 20.9. The van der Waals surface area contributed by atoms with Gasteiger partial charge in [0.05, 0.1) is 18.3 Å². The predicted octanol–water partition coefficient (Wildman–Crippen LogP) is 4.29. The van der Waals surface area contributed by atoms with Crippen LogP contribution in [-0.4, -0.2) is 49.1 Å². The summed E-state index contributed by atoms with van der Waals surface area (Å²) in [5, 5.41) is 0.617. The van der Waals surface area contributed by atoms with Crippen LogP contribution in [-0.2, 0) is 11.2 Å². The van der Waals surface area contributed by atoms with Crippen LogP contribution in [0.1, 0.15) is 12.3 Å². The minimum absolute atomic E-state index is 0.127. The summed E-state index contributed by atoms with van der Waals surface area (Å²) in [4.78, 5) is 21.1. The first-order valence-corrected chi connectivity index (χ1v) is 10.4. The van der Waals surface area contributed by atoms with E-state index in [1.165, 1.54) is 0 Å². The Balaban J connectivity index is 1.28. The van der Waals surface area contributed by atoms with Gasteiger partial charge in [0.25, 0.3) is 0 Å². The van der Waals surface area contributed by atoms with Crippen LogP contribution >= 0.6 is 11.6 Å². The number of methoxy groups -OCH3 is 1. The first-order chi connectivity index (χ1) is 14.6. The minimum atomic E-state index is 0.127. The Morgan fingerprint density at radius 2 is 1.83 bits per heavy atom. The van der Waals surface area contributed by atoms with E-state index >= 15 is 0 Å². The fraction of sp³-hybridized carbons (Fsp3) is 0.304. The van der Waals surface area contributed by atoms with E-state index in [9.17, 15) is 4.79 Å². The number of anilines is 1. The second-order valence-corrected chi connectivity index (χ2v) is 7.57. The molecule has 0 aliphatic carbocycles. The predicted molar refractivity (Wildman–Crippen MR) is 117 cm³/mol. The molecular weight excluding hydrogens is 402 g/mol. The summed E-state index contributed by atoms with van der Waals surface area (Å²) < 4.78 is 11.0. The fourth-order valence-corrected chi connectivity index (χ4v) is 3.82. The summed E-state index contributed by atoms with van der Waals surface area (Å²) in [5.74, 6) is 2.14. The summed E-state index contributed by atoms with van der Waals surface area (Å²) >= 11 is 6.21. The van der Waals surface area contributed by atoms with Crippen LogP contribution in [0.15, 0.2) is 59.1 Å². The lowest BCUT2D eigenvalue weighted by atomic mass is 10.2. The molecule has 1 fully saturated rings. The molecule has 3 aromatic rings. The van der Waals surface area contributed by atoms with Crippen molar-refractivity contribution < 1.29 is 13.9 Å². The number of oxazole rings is 1. The molecule has 156 valence electrons. The Hall–Kier alpha value is -2.99. The molecule has 2 heterocycles. The molecule has 2 aromatic carbocycles. The van der Waals surface area contributed by atoms with Gasteiger partial charge in [-0.25, -0.2) is 4.98 Å². The number of carbonyl (C=O) groups excluding carboxylic acids is 1. The molecule has 1 aliphatic rings. The van der Waals surface area contributed by atoms with Crippen LogP contribution in [0.3, 0.4) is 0 Å². The molecule has 1 amide bonds. The van der Waals surface area contributed by atoms with Gasteiger partial charge >= 0.3 is 0 Å². The molecule has 0 atom stereocenters. The van der Waals surface area contributed by atoms with Crippen molar-refractivity contribution in [2.24, 2.45) is 0 Å². The van der Waals surface area contributed by atoms with E-state index in [-0.39, 0.29) is 5.91 Å². The fourth-order valence-electron chi connectivity index (χ4n) is 3.59. The van der Waals surface area contributed by atoms with Gasteiger partial charge in [0.15, 0.2) is 11.7 Å². The molecule has 0 radical (unpaired) electrons. The first kappa shape index (κ1) is 20.3. The molecule has 0 bridgehead atoms. The lowest BCUT2D eigenvalue weighted by molar-refractivity contribution is -0.131. The zero-order valence-corrected chi connectivity index (χ0v) is 17.6. The molecule has 1 saturated heterocycles. The monoisotopic (exact) mass is 425 g/mol. The molecule has 0 unspecified atom stereocenters. The number of aromatic nitrogens is 1.